The van der Waals surface area contributed by atoms with E-state index in [0.717, 1.165) is 30.4 Å². The van der Waals surface area contributed by atoms with Crippen molar-refractivity contribution in [3.8, 4) is 11.5 Å². The molecule has 0 bridgehead atoms. The third-order valence-electron chi connectivity index (χ3n) is 2.56. The van der Waals surface area contributed by atoms with Gasteiger partial charge in [-0.15, -0.1) is 0 Å². The van der Waals surface area contributed by atoms with Crippen LogP contribution in [0.5, 0.6) is 11.5 Å². The van der Waals surface area contributed by atoms with E-state index in [9.17, 15) is 10.2 Å². The summed E-state index contributed by atoms with van der Waals surface area (Å²) in [6.45, 7) is 5.95. The van der Waals surface area contributed by atoms with Crippen molar-refractivity contribution in [3.63, 3.8) is 0 Å². The van der Waals surface area contributed by atoms with Crippen molar-refractivity contribution in [2.24, 2.45) is 0 Å². The molecule has 0 aliphatic heterocycles. The highest BCUT2D eigenvalue weighted by atomic mass is 16.3. The zero-order chi connectivity index (χ0) is 10.7. The van der Waals surface area contributed by atoms with Gasteiger partial charge in [0.05, 0.1) is 0 Å². The monoisotopic (exact) mass is 194 g/mol. The molecule has 0 aliphatic carbocycles. The van der Waals surface area contributed by atoms with Crippen LogP contribution in [-0.2, 0) is 12.8 Å². The van der Waals surface area contributed by atoms with Gasteiger partial charge in [-0.3, -0.25) is 0 Å². The van der Waals surface area contributed by atoms with Gasteiger partial charge in [0.1, 0.15) is 11.5 Å². The zero-order valence-electron chi connectivity index (χ0n) is 9.09. The van der Waals surface area contributed by atoms with Gasteiger partial charge < -0.3 is 10.2 Å². The van der Waals surface area contributed by atoms with Crippen molar-refractivity contribution in [3.05, 3.63) is 22.8 Å². The standard InChI is InChI=1S/C12H18O2/c1-4-6-10-11(13)7-8(3)9(5-2)12(10)14/h7,13-14H,4-6H2,1-3H3. The molecule has 2 heteroatoms. The normalized spacial score (nSPS) is 10.5. The quantitative estimate of drug-likeness (QED) is 0.776. The average molecular weight is 194 g/mol. The summed E-state index contributed by atoms with van der Waals surface area (Å²) in [6, 6.07) is 1.74. The van der Waals surface area contributed by atoms with Crippen LogP contribution in [0, 0.1) is 6.92 Å². The number of hydrogen-bond donors (Lipinski definition) is 2. The molecule has 1 aromatic rings. The van der Waals surface area contributed by atoms with Crippen molar-refractivity contribution < 1.29 is 10.2 Å². The van der Waals surface area contributed by atoms with Gasteiger partial charge >= 0.3 is 0 Å². The first kappa shape index (κ1) is 10.9. The lowest BCUT2D eigenvalue weighted by Crippen LogP contribution is -1.94. The lowest BCUT2D eigenvalue weighted by molar-refractivity contribution is 0.432. The van der Waals surface area contributed by atoms with Crippen LogP contribution >= 0.6 is 0 Å². The Balaban J connectivity index is 3.28. The maximum Gasteiger partial charge on any atom is 0.125 e. The summed E-state index contributed by atoms with van der Waals surface area (Å²) in [5, 5.41) is 19.6. The summed E-state index contributed by atoms with van der Waals surface area (Å²) < 4.78 is 0. The van der Waals surface area contributed by atoms with Crippen molar-refractivity contribution in [1.29, 1.82) is 0 Å². The van der Waals surface area contributed by atoms with Crippen LogP contribution in [0.1, 0.15) is 37.0 Å². The highest BCUT2D eigenvalue weighted by molar-refractivity contribution is 5.52. The number of benzene rings is 1. The van der Waals surface area contributed by atoms with Crippen molar-refractivity contribution in [1.82, 2.24) is 0 Å². The van der Waals surface area contributed by atoms with Gasteiger partial charge in [0.2, 0.25) is 0 Å². The van der Waals surface area contributed by atoms with Gasteiger partial charge in [-0.05, 0) is 37.0 Å². The van der Waals surface area contributed by atoms with E-state index >= 15 is 0 Å². The third-order valence-corrected chi connectivity index (χ3v) is 2.56. The maximum atomic E-state index is 9.92. The van der Waals surface area contributed by atoms with Crippen LogP contribution in [0.25, 0.3) is 0 Å². The first-order valence-electron chi connectivity index (χ1n) is 5.15. The molecule has 0 spiro atoms. The molecule has 1 aromatic carbocycles. The molecule has 0 radical (unpaired) electrons. The lowest BCUT2D eigenvalue weighted by atomic mass is 9.97. The first-order valence-corrected chi connectivity index (χ1v) is 5.15. The van der Waals surface area contributed by atoms with Gasteiger partial charge in [0, 0.05) is 5.56 Å². The summed E-state index contributed by atoms with van der Waals surface area (Å²) in [6.07, 6.45) is 2.45. The van der Waals surface area contributed by atoms with E-state index in [4.69, 9.17) is 0 Å². The number of phenols is 2. The Morgan fingerprint density at radius 1 is 1.14 bits per heavy atom. The Labute approximate surface area is 85.2 Å². The van der Waals surface area contributed by atoms with Crippen LogP contribution in [0.3, 0.4) is 0 Å². The topological polar surface area (TPSA) is 40.5 Å². The van der Waals surface area contributed by atoms with Crippen LogP contribution in [0.15, 0.2) is 6.07 Å². The van der Waals surface area contributed by atoms with Crippen molar-refractivity contribution in [2.75, 3.05) is 0 Å². The molecule has 78 valence electrons. The summed E-state index contributed by atoms with van der Waals surface area (Å²) in [5.74, 6) is 0.505. The Hall–Kier alpha value is -1.18. The number of aryl methyl sites for hydroxylation is 1. The second-order valence-electron chi connectivity index (χ2n) is 3.62. The number of phenolic OH excluding ortho intramolecular Hbond substituents is 2. The highest BCUT2D eigenvalue weighted by Crippen LogP contribution is 2.34. The van der Waals surface area contributed by atoms with Gasteiger partial charge in [-0.25, -0.2) is 0 Å². The average Bonchev–Trinajstić information content (AvgIpc) is 2.12. The molecular weight excluding hydrogens is 176 g/mol. The van der Waals surface area contributed by atoms with E-state index in [-0.39, 0.29) is 11.5 Å². The van der Waals surface area contributed by atoms with E-state index in [1.54, 1.807) is 6.07 Å². The number of rotatable bonds is 3. The second kappa shape index (κ2) is 4.36. The summed E-state index contributed by atoms with van der Waals surface area (Å²) in [4.78, 5) is 0. The van der Waals surface area contributed by atoms with Crippen LogP contribution in [0.4, 0.5) is 0 Å². The third kappa shape index (κ3) is 1.84. The minimum Gasteiger partial charge on any atom is -0.508 e. The van der Waals surface area contributed by atoms with E-state index in [1.165, 1.54) is 0 Å². The minimum atomic E-state index is 0.221. The van der Waals surface area contributed by atoms with Crippen LogP contribution < -0.4 is 0 Å². The SMILES string of the molecule is CCCc1c(O)cc(C)c(CC)c1O. The first-order chi connectivity index (χ1) is 6.61. The summed E-state index contributed by atoms with van der Waals surface area (Å²) in [5.41, 5.74) is 2.60. The Morgan fingerprint density at radius 3 is 2.29 bits per heavy atom. The van der Waals surface area contributed by atoms with Gasteiger partial charge in [0.15, 0.2) is 0 Å². The van der Waals surface area contributed by atoms with E-state index < -0.39 is 0 Å². The molecule has 2 nitrogen and oxygen atoms in total. The fourth-order valence-electron chi connectivity index (χ4n) is 1.81. The van der Waals surface area contributed by atoms with Gasteiger partial charge in [0.25, 0.3) is 0 Å². The highest BCUT2D eigenvalue weighted by Gasteiger charge is 2.12. The molecule has 0 saturated carbocycles. The molecule has 0 atom stereocenters. The van der Waals surface area contributed by atoms with E-state index in [0.29, 0.717) is 5.56 Å². The summed E-state index contributed by atoms with van der Waals surface area (Å²) >= 11 is 0. The predicted octanol–water partition coefficient (Wildman–Crippen LogP) is 2.92. The largest absolute Gasteiger partial charge is 0.508 e. The van der Waals surface area contributed by atoms with Crippen LogP contribution in [-0.4, -0.2) is 10.2 Å². The van der Waals surface area contributed by atoms with Gasteiger partial charge in [-0.2, -0.15) is 0 Å². The molecule has 0 aromatic heterocycles. The molecule has 0 heterocycles. The molecule has 0 saturated heterocycles. The van der Waals surface area contributed by atoms with E-state index in [1.807, 2.05) is 20.8 Å². The second-order valence-corrected chi connectivity index (χ2v) is 3.62. The molecule has 1 rings (SSSR count). The Bertz CT molecular complexity index is 330. The Morgan fingerprint density at radius 2 is 1.79 bits per heavy atom. The fourth-order valence-corrected chi connectivity index (χ4v) is 1.81. The smallest absolute Gasteiger partial charge is 0.125 e. The lowest BCUT2D eigenvalue weighted by Gasteiger charge is -2.12. The fraction of sp³-hybridized carbons (Fsp3) is 0.500. The molecule has 0 unspecified atom stereocenters. The number of aromatic hydroxyl groups is 2. The minimum absolute atomic E-state index is 0.221. The van der Waals surface area contributed by atoms with Gasteiger partial charge in [-0.1, -0.05) is 20.3 Å². The molecule has 14 heavy (non-hydrogen) atoms. The molecule has 0 aliphatic rings. The molecule has 0 fully saturated rings. The van der Waals surface area contributed by atoms with Crippen molar-refractivity contribution >= 4 is 0 Å². The summed E-state index contributed by atoms with van der Waals surface area (Å²) in [7, 11) is 0. The molecule has 2 N–H and O–H groups in total. The molecular formula is C12H18O2. The number of hydrogen-bond acceptors (Lipinski definition) is 2. The molecule has 0 amide bonds. The maximum absolute atomic E-state index is 9.92. The van der Waals surface area contributed by atoms with Crippen molar-refractivity contribution in [2.45, 2.75) is 40.0 Å². The van der Waals surface area contributed by atoms with Crippen LogP contribution in [0.2, 0.25) is 0 Å². The zero-order valence-corrected chi connectivity index (χ0v) is 9.09. The van der Waals surface area contributed by atoms with E-state index in [2.05, 4.69) is 0 Å². The Kier molecular flexibility index (Phi) is 3.39. The predicted molar refractivity (Wildman–Crippen MR) is 57.9 cm³/mol.